The molecule has 0 saturated carbocycles. The summed E-state index contributed by atoms with van der Waals surface area (Å²) >= 11 is 1.30. The van der Waals surface area contributed by atoms with Crippen LogP contribution in [-0.2, 0) is 29.1 Å². The zero-order valence-corrected chi connectivity index (χ0v) is 19.0. The van der Waals surface area contributed by atoms with Gasteiger partial charge in [-0.1, -0.05) is 42.1 Å². The fourth-order valence-corrected chi connectivity index (χ4v) is 3.85. The number of ether oxygens (including phenoxy) is 1. The molecule has 0 unspecified atom stereocenters. The molecule has 2 aromatic carbocycles. The summed E-state index contributed by atoms with van der Waals surface area (Å²) in [6, 6.07) is 17.0. The second-order valence-corrected chi connectivity index (χ2v) is 7.82. The monoisotopic (exact) mass is 453 g/mol. The maximum atomic E-state index is 12.5. The fourth-order valence-electron chi connectivity index (χ4n) is 3.00. The van der Waals surface area contributed by atoms with E-state index >= 15 is 0 Å². The number of anilines is 1. The number of nitrogens with one attached hydrogen (secondary N) is 2. The number of carbonyl (C=O) groups excluding carboxylic acids is 2. The molecule has 1 heterocycles. The van der Waals surface area contributed by atoms with Gasteiger partial charge >= 0.3 is 0 Å². The lowest BCUT2D eigenvalue weighted by Crippen LogP contribution is -2.24. The number of carbonyl (C=O) groups is 2. The van der Waals surface area contributed by atoms with E-state index in [1.807, 2.05) is 60.9 Å². The number of hydrogen-bond acceptors (Lipinski definition) is 6. The smallest absolute Gasteiger partial charge is 0.232 e. The van der Waals surface area contributed by atoms with Gasteiger partial charge in [-0.15, -0.1) is 10.2 Å². The molecule has 9 heteroatoms. The first-order chi connectivity index (χ1) is 15.6. The van der Waals surface area contributed by atoms with Gasteiger partial charge in [-0.3, -0.25) is 9.59 Å². The van der Waals surface area contributed by atoms with Crippen LogP contribution >= 0.6 is 11.8 Å². The van der Waals surface area contributed by atoms with E-state index in [0.29, 0.717) is 36.4 Å². The molecule has 0 fully saturated rings. The number of aromatic nitrogens is 3. The van der Waals surface area contributed by atoms with Crippen LogP contribution in [0.2, 0.25) is 0 Å². The molecular formula is C23H27N5O3S. The van der Waals surface area contributed by atoms with E-state index in [9.17, 15) is 9.59 Å². The van der Waals surface area contributed by atoms with Gasteiger partial charge in [0.25, 0.3) is 0 Å². The maximum absolute atomic E-state index is 12.5. The molecule has 0 atom stereocenters. The third-order valence-electron chi connectivity index (χ3n) is 4.54. The molecular weight excluding hydrogens is 426 g/mol. The van der Waals surface area contributed by atoms with Crippen LogP contribution in [0.1, 0.15) is 25.2 Å². The largest absolute Gasteiger partial charge is 0.494 e. The van der Waals surface area contributed by atoms with Gasteiger partial charge in [0, 0.05) is 18.8 Å². The fraction of sp³-hybridized carbons (Fsp3) is 0.304. The lowest BCUT2D eigenvalue weighted by atomic mass is 10.2. The zero-order chi connectivity index (χ0) is 22.8. The molecule has 0 spiro atoms. The molecule has 0 bridgehead atoms. The van der Waals surface area contributed by atoms with Crippen LogP contribution < -0.4 is 15.4 Å². The number of thioether (sulfide) groups is 1. The molecule has 2 N–H and O–H groups in total. The minimum atomic E-state index is -0.187. The van der Waals surface area contributed by atoms with Gasteiger partial charge in [-0.05, 0) is 43.7 Å². The summed E-state index contributed by atoms with van der Waals surface area (Å²) in [6.07, 6.45) is 0.0921. The van der Waals surface area contributed by atoms with E-state index in [1.165, 1.54) is 11.8 Å². The lowest BCUT2D eigenvalue weighted by molar-refractivity contribution is -0.118. The zero-order valence-electron chi connectivity index (χ0n) is 18.2. The second kappa shape index (κ2) is 11.9. The topological polar surface area (TPSA) is 98.1 Å². The van der Waals surface area contributed by atoms with Crippen LogP contribution in [0, 0.1) is 0 Å². The van der Waals surface area contributed by atoms with E-state index < -0.39 is 0 Å². The maximum Gasteiger partial charge on any atom is 0.232 e. The minimum absolute atomic E-state index is 0.0840. The van der Waals surface area contributed by atoms with Crippen molar-refractivity contribution in [3.63, 3.8) is 0 Å². The van der Waals surface area contributed by atoms with Gasteiger partial charge in [0.2, 0.25) is 11.8 Å². The molecule has 0 aliphatic rings. The Labute approximate surface area is 191 Å². The Balaban J connectivity index is 1.51. The first-order valence-electron chi connectivity index (χ1n) is 10.5. The van der Waals surface area contributed by atoms with E-state index in [2.05, 4.69) is 20.8 Å². The molecule has 0 aliphatic carbocycles. The summed E-state index contributed by atoms with van der Waals surface area (Å²) in [5, 5.41) is 14.7. The van der Waals surface area contributed by atoms with E-state index in [1.54, 1.807) is 12.1 Å². The van der Waals surface area contributed by atoms with Crippen molar-refractivity contribution in [3.8, 4) is 5.75 Å². The third kappa shape index (κ3) is 6.84. The Morgan fingerprint density at radius 2 is 1.75 bits per heavy atom. The van der Waals surface area contributed by atoms with Crippen molar-refractivity contribution in [2.24, 2.45) is 0 Å². The van der Waals surface area contributed by atoms with E-state index in [0.717, 1.165) is 11.3 Å². The van der Waals surface area contributed by atoms with Crippen LogP contribution in [0.15, 0.2) is 59.8 Å². The summed E-state index contributed by atoms with van der Waals surface area (Å²) in [5.74, 6) is 1.27. The minimum Gasteiger partial charge on any atom is -0.494 e. The predicted octanol–water partition coefficient (Wildman–Crippen LogP) is 3.29. The summed E-state index contributed by atoms with van der Waals surface area (Å²) in [7, 11) is 0. The van der Waals surface area contributed by atoms with E-state index in [4.69, 9.17) is 4.74 Å². The molecule has 0 radical (unpaired) electrons. The van der Waals surface area contributed by atoms with Crippen LogP contribution in [-0.4, -0.2) is 38.9 Å². The van der Waals surface area contributed by atoms with Crippen LogP contribution in [0.3, 0.4) is 0 Å². The molecule has 3 rings (SSSR count). The average Bonchev–Trinajstić information content (AvgIpc) is 3.19. The summed E-state index contributed by atoms with van der Waals surface area (Å²) < 4.78 is 7.26. The Kier molecular flexibility index (Phi) is 8.68. The Bertz CT molecular complexity index is 1020. The van der Waals surface area contributed by atoms with E-state index in [-0.39, 0.29) is 24.0 Å². The summed E-state index contributed by atoms with van der Waals surface area (Å²) in [4.78, 5) is 24.6. The molecule has 32 heavy (non-hydrogen) atoms. The van der Waals surface area contributed by atoms with Gasteiger partial charge in [0.15, 0.2) is 5.16 Å². The van der Waals surface area contributed by atoms with Crippen molar-refractivity contribution in [2.45, 2.75) is 38.5 Å². The standard InChI is InChI=1S/C23H27N5O3S/c1-3-28-20(14-21(29)25-18-10-12-19(13-11-18)31-4-2)26-27-23(28)32-16-22(30)24-15-17-8-6-5-7-9-17/h5-13H,3-4,14-16H2,1-2H3,(H,24,30)(H,25,29). The van der Waals surface area contributed by atoms with Crippen molar-refractivity contribution in [3.05, 3.63) is 66.0 Å². The number of nitrogens with zero attached hydrogens (tertiary/aromatic N) is 3. The summed E-state index contributed by atoms with van der Waals surface area (Å²) in [6.45, 7) is 5.55. The highest BCUT2D eigenvalue weighted by Gasteiger charge is 2.16. The SMILES string of the molecule is CCOc1ccc(NC(=O)Cc2nnc(SCC(=O)NCc3ccccc3)n2CC)cc1. The molecule has 8 nitrogen and oxygen atoms in total. The lowest BCUT2D eigenvalue weighted by Gasteiger charge is -2.09. The Hall–Kier alpha value is -3.33. The molecule has 2 amide bonds. The number of benzene rings is 2. The molecule has 1 aromatic heterocycles. The normalized spacial score (nSPS) is 10.6. The highest BCUT2D eigenvalue weighted by atomic mass is 32.2. The summed E-state index contributed by atoms with van der Waals surface area (Å²) in [5.41, 5.74) is 1.73. The predicted molar refractivity (Wildman–Crippen MR) is 125 cm³/mol. The molecule has 0 aliphatic heterocycles. The van der Waals surface area contributed by atoms with Gasteiger partial charge in [-0.25, -0.2) is 0 Å². The average molecular weight is 454 g/mol. The van der Waals surface area contributed by atoms with Crippen LogP contribution in [0.25, 0.3) is 0 Å². The highest BCUT2D eigenvalue weighted by molar-refractivity contribution is 7.99. The van der Waals surface area contributed by atoms with Crippen molar-refractivity contribution in [2.75, 3.05) is 17.7 Å². The Morgan fingerprint density at radius 1 is 1.00 bits per heavy atom. The van der Waals surface area contributed by atoms with Gasteiger partial charge < -0.3 is 19.9 Å². The quantitative estimate of drug-likeness (QED) is 0.433. The Morgan fingerprint density at radius 3 is 2.44 bits per heavy atom. The molecule has 3 aromatic rings. The first kappa shape index (κ1) is 23.3. The van der Waals surface area contributed by atoms with Crippen molar-refractivity contribution >= 4 is 29.3 Å². The van der Waals surface area contributed by atoms with Crippen molar-refractivity contribution in [1.29, 1.82) is 0 Å². The second-order valence-electron chi connectivity index (χ2n) is 6.88. The van der Waals surface area contributed by atoms with Gasteiger partial charge in [0.1, 0.15) is 11.6 Å². The number of rotatable bonds is 11. The number of amides is 2. The molecule has 0 saturated heterocycles. The van der Waals surface area contributed by atoms with Crippen molar-refractivity contribution in [1.82, 2.24) is 20.1 Å². The third-order valence-corrected chi connectivity index (χ3v) is 5.51. The highest BCUT2D eigenvalue weighted by Crippen LogP contribution is 2.19. The van der Waals surface area contributed by atoms with Crippen molar-refractivity contribution < 1.29 is 14.3 Å². The van der Waals surface area contributed by atoms with Gasteiger partial charge in [-0.2, -0.15) is 0 Å². The first-order valence-corrected chi connectivity index (χ1v) is 11.5. The van der Waals surface area contributed by atoms with Crippen LogP contribution in [0.4, 0.5) is 5.69 Å². The number of hydrogen-bond donors (Lipinski definition) is 2. The van der Waals surface area contributed by atoms with Crippen LogP contribution in [0.5, 0.6) is 5.75 Å². The molecule has 168 valence electrons. The van der Waals surface area contributed by atoms with Gasteiger partial charge in [0.05, 0.1) is 18.8 Å².